The molecule has 0 saturated heterocycles. The fourth-order valence-electron chi connectivity index (χ4n) is 15.5. The van der Waals surface area contributed by atoms with E-state index in [1.165, 1.54) is 206 Å². The smallest absolute Gasteiger partial charge is 0.0541 e. The van der Waals surface area contributed by atoms with Crippen molar-refractivity contribution in [2.45, 2.75) is 124 Å². The maximum Gasteiger partial charge on any atom is 0.0541 e. The lowest BCUT2D eigenvalue weighted by molar-refractivity contribution is 0.401. The number of benzene rings is 10. The van der Waals surface area contributed by atoms with Crippen molar-refractivity contribution in [1.29, 1.82) is 0 Å². The molecule has 83 heavy (non-hydrogen) atoms. The Labute approximate surface area is 488 Å². The SMILES string of the molecule is CCCCCCC1(CCCCCC)c2cc(-n3c4ccccc4c4cc(C)ccc43)ccc2-c2ccc(-n3c4ccccc4c4cc(-c5ccc6c(c5)c5cc(-c7ccc8c(c7)c7cc(C)ccc7n8CC)ccc5n6CC)ccc43)cc21. The second-order valence-electron chi connectivity index (χ2n) is 24.3. The van der Waals surface area contributed by atoms with Crippen LogP contribution in [-0.4, -0.2) is 18.3 Å². The van der Waals surface area contributed by atoms with Crippen LogP contribution in [0.25, 0.3) is 132 Å². The zero-order chi connectivity index (χ0) is 56.1. The Morgan fingerprint density at radius 1 is 0.301 bits per heavy atom. The standard InChI is InChI=1S/C79H74N4/c1-7-11-13-19-41-79(42-20-14-12-8-2)69-49-57(82-75-23-17-15-21-61(75)63-43-52(6)26-36-77(63)82)31-33-59(69)60-34-32-58(50-70(60)79)83-76-24-18-16-22-62(76)65-45-56(30-40-78(65)83)55-29-39-74-68(48-55)67-47-54(28-38-73(67)81(74)10-4)53-27-37-72-66(46-53)64-44-51(5)25-35-71(64)80(72)9-3/h15-18,21-40,43-50H,7-14,19-20,41-42H2,1-6H3. The number of aryl methyl sites for hydroxylation is 4. The number of aromatic nitrogens is 4. The van der Waals surface area contributed by atoms with Crippen molar-refractivity contribution < 1.29 is 0 Å². The first-order valence-corrected chi connectivity index (χ1v) is 31.2. The molecule has 0 bridgehead atoms. The van der Waals surface area contributed by atoms with E-state index in [1.54, 1.807) is 0 Å². The van der Waals surface area contributed by atoms with E-state index in [-0.39, 0.29) is 5.41 Å². The average molecular weight is 1080 g/mol. The summed E-state index contributed by atoms with van der Waals surface area (Å²) in [5.74, 6) is 0. The van der Waals surface area contributed by atoms with Gasteiger partial charge in [0.2, 0.25) is 0 Å². The molecule has 0 radical (unpaired) electrons. The highest BCUT2D eigenvalue weighted by Gasteiger charge is 2.43. The van der Waals surface area contributed by atoms with Crippen LogP contribution in [0.5, 0.6) is 0 Å². The van der Waals surface area contributed by atoms with E-state index in [4.69, 9.17) is 0 Å². The topological polar surface area (TPSA) is 19.7 Å². The molecule has 0 N–H and O–H groups in total. The monoisotopic (exact) mass is 1080 g/mol. The Morgan fingerprint density at radius 2 is 0.651 bits per heavy atom. The van der Waals surface area contributed by atoms with Gasteiger partial charge in [0.15, 0.2) is 0 Å². The molecule has 15 rings (SSSR count). The molecule has 0 saturated carbocycles. The molecule has 1 aliphatic carbocycles. The van der Waals surface area contributed by atoms with Gasteiger partial charge in [-0.2, -0.15) is 0 Å². The van der Waals surface area contributed by atoms with Crippen LogP contribution in [-0.2, 0) is 18.5 Å². The van der Waals surface area contributed by atoms with Crippen LogP contribution in [0, 0.1) is 13.8 Å². The van der Waals surface area contributed by atoms with E-state index in [0.717, 1.165) is 25.9 Å². The lowest BCUT2D eigenvalue weighted by Crippen LogP contribution is -2.26. The molecule has 0 unspecified atom stereocenters. The first kappa shape index (κ1) is 51.3. The fourth-order valence-corrected chi connectivity index (χ4v) is 15.5. The minimum atomic E-state index is -0.108. The highest BCUT2D eigenvalue weighted by molar-refractivity contribution is 6.14. The number of para-hydroxylation sites is 2. The van der Waals surface area contributed by atoms with Crippen molar-refractivity contribution in [1.82, 2.24) is 18.3 Å². The molecule has 0 spiro atoms. The van der Waals surface area contributed by atoms with Crippen molar-refractivity contribution in [3.8, 4) is 44.8 Å². The Bertz CT molecular complexity index is 4880. The Balaban J connectivity index is 0.852. The number of rotatable bonds is 16. The maximum atomic E-state index is 2.63. The molecule has 0 fully saturated rings. The molecular formula is C79H74N4. The molecule has 0 atom stereocenters. The molecule has 14 aromatic rings. The summed E-state index contributed by atoms with van der Waals surface area (Å²) in [6.45, 7) is 15.5. The van der Waals surface area contributed by atoms with E-state index in [9.17, 15) is 0 Å². The van der Waals surface area contributed by atoms with Crippen molar-refractivity contribution in [2.24, 2.45) is 0 Å². The van der Waals surface area contributed by atoms with E-state index < -0.39 is 0 Å². The number of fused-ring (bicyclic) bond motifs is 15. The van der Waals surface area contributed by atoms with Gasteiger partial charge in [-0.15, -0.1) is 0 Å². The summed E-state index contributed by atoms with van der Waals surface area (Å²) in [7, 11) is 0. The van der Waals surface area contributed by atoms with E-state index >= 15 is 0 Å². The molecule has 4 nitrogen and oxygen atoms in total. The summed E-state index contributed by atoms with van der Waals surface area (Å²) in [6, 6.07) is 75.6. The molecule has 4 heterocycles. The second kappa shape index (κ2) is 20.4. The summed E-state index contributed by atoms with van der Waals surface area (Å²) >= 11 is 0. The first-order valence-electron chi connectivity index (χ1n) is 31.2. The third-order valence-electron chi connectivity index (χ3n) is 19.4. The third kappa shape index (κ3) is 8.06. The van der Waals surface area contributed by atoms with Gasteiger partial charge in [-0.3, -0.25) is 0 Å². The predicted octanol–water partition coefficient (Wildman–Crippen LogP) is 22.3. The van der Waals surface area contributed by atoms with Crippen molar-refractivity contribution >= 4 is 87.2 Å². The zero-order valence-corrected chi connectivity index (χ0v) is 49.2. The van der Waals surface area contributed by atoms with Gasteiger partial charge in [0.1, 0.15) is 0 Å². The number of hydrogen-bond acceptors (Lipinski definition) is 0. The van der Waals surface area contributed by atoms with Crippen LogP contribution < -0.4 is 0 Å². The molecule has 1 aliphatic rings. The second-order valence-corrected chi connectivity index (χ2v) is 24.3. The van der Waals surface area contributed by atoms with Crippen LogP contribution >= 0.6 is 0 Å². The van der Waals surface area contributed by atoms with E-state index in [0.29, 0.717) is 0 Å². The van der Waals surface area contributed by atoms with Crippen LogP contribution in [0.1, 0.15) is 114 Å². The van der Waals surface area contributed by atoms with Gasteiger partial charge in [0.25, 0.3) is 0 Å². The third-order valence-corrected chi connectivity index (χ3v) is 19.4. The van der Waals surface area contributed by atoms with Gasteiger partial charge in [-0.25, -0.2) is 0 Å². The summed E-state index contributed by atoms with van der Waals surface area (Å²) in [4.78, 5) is 0. The molecule has 4 heteroatoms. The normalized spacial score (nSPS) is 13.1. The molecule has 410 valence electrons. The van der Waals surface area contributed by atoms with Gasteiger partial charge in [0.05, 0.1) is 22.1 Å². The van der Waals surface area contributed by atoms with Gasteiger partial charge >= 0.3 is 0 Å². The Hall–Kier alpha value is -8.60. The summed E-state index contributed by atoms with van der Waals surface area (Å²) < 4.78 is 10.0. The summed E-state index contributed by atoms with van der Waals surface area (Å²) in [5, 5.41) is 10.5. The molecule has 0 aliphatic heterocycles. The van der Waals surface area contributed by atoms with Crippen LogP contribution in [0.15, 0.2) is 194 Å². The highest BCUT2D eigenvalue weighted by Crippen LogP contribution is 2.56. The lowest BCUT2D eigenvalue weighted by atomic mass is 9.70. The minimum absolute atomic E-state index is 0.108. The largest absolute Gasteiger partial charge is 0.341 e. The van der Waals surface area contributed by atoms with Gasteiger partial charge in [0, 0.05) is 95.0 Å². The van der Waals surface area contributed by atoms with Crippen LogP contribution in [0.3, 0.4) is 0 Å². The van der Waals surface area contributed by atoms with Crippen LogP contribution in [0.2, 0.25) is 0 Å². The molecule has 4 aromatic heterocycles. The van der Waals surface area contributed by atoms with Gasteiger partial charge in [-0.1, -0.05) is 161 Å². The zero-order valence-electron chi connectivity index (χ0n) is 49.2. The minimum Gasteiger partial charge on any atom is -0.341 e. The van der Waals surface area contributed by atoms with Gasteiger partial charge < -0.3 is 18.3 Å². The van der Waals surface area contributed by atoms with Crippen LogP contribution in [0.4, 0.5) is 0 Å². The molecular weight excluding hydrogens is 1000 g/mol. The predicted molar refractivity (Wildman–Crippen MR) is 357 cm³/mol. The van der Waals surface area contributed by atoms with Crippen molar-refractivity contribution in [3.63, 3.8) is 0 Å². The average Bonchev–Trinajstić information content (AvgIpc) is 3.41. The molecule has 0 amide bonds. The lowest BCUT2D eigenvalue weighted by Gasteiger charge is -2.33. The van der Waals surface area contributed by atoms with Gasteiger partial charge in [-0.05, 0) is 194 Å². The number of unbranched alkanes of at least 4 members (excludes halogenated alkanes) is 6. The number of nitrogens with zero attached hydrogens (tertiary/aromatic N) is 4. The summed E-state index contributed by atoms with van der Waals surface area (Å²) in [5.41, 5.74) is 26.0. The van der Waals surface area contributed by atoms with E-state index in [2.05, 4.69) is 254 Å². The Kier molecular flexibility index (Phi) is 12.6. The Morgan fingerprint density at radius 3 is 1.07 bits per heavy atom. The van der Waals surface area contributed by atoms with E-state index in [1.807, 2.05) is 0 Å². The fraction of sp³-hybridized carbons (Fsp3) is 0.241. The summed E-state index contributed by atoms with van der Waals surface area (Å²) in [6.07, 6.45) is 12.3. The highest BCUT2D eigenvalue weighted by atomic mass is 15.0. The quantitative estimate of drug-likeness (QED) is 0.0860. The maximum absolute atomic E-state index is 2.63. The van der Waals surface area contributed by atoms with Crippen molar-refractivity contribution in [3.05, 3.63) is 216 Å². The first-order chi connectivity index (χ1) is 40.8. The number of hydrogen-bond donors (Lipinski definition) is 0. The molecule has 10 aromatic carbocycles. The van der Waals surface area contributed by atoms with Crippen molar-refractivity contribution in [2.75, 3.05) is 0 Å².